The van der Waals surface area contributed by atoms with Gasteiger partial charge in [0.15, 0.2) is 11.6 Å². The van der Waals surface area contributed by atoms with E-state index in [-0.39, 0.29) is 21.7 Å². The number of likely N-dealkylation sites (tertiary alicyclic amines) is 1. The smallest absolute Gasteiger partial charge is 0.253 e. The van der Waals surface area contributed by atoms with Gasteiger partial charge in [-0.25, -0.2) is 13.2 Å². The zero-order valence-electron chi connectivity index (χ0n) is 14.2. The van der Waals surface area contributed by atoms with Crippen molar-refractivity contribution in [2.45, 2.75) is 25.4 Å². The van der Waals surface area contributed by atoms with Crippen LogP contribution in [0.1, 0.15) is 28.8 Å². The summed E-state index contributed by atoms with van der Waals surface area (Å²) >= 11 is 11.6. The molecule has 1 saturated heterocycles. The van der Waals surface area contributed by atoms with Gasteiger partial charge in [-0.15, -0.1) is 0 Å². The van der Waals surface area contributed by atoms with Gasteiger partial charge in [0.05, 0.1) is 15.6 Å². The highest BCUT2D eigenvalue weighted by Crippen LogP contribution is 2.25. The van der Waals surface area contributed by atoms with E-state index in [1.54, 1.807) is 6.07 Å². The molecule has 1 N–H and O–H groups in total. The lowest BCUT2D eigenvalue weighted by molar-refractivity contribution is 0.0908. The molecule has 8 heteroatoms. The van der Waals surface area contributed by atoms with Crippen molar-refractivity contribution in [2.75, 3.05) is 13.1 Å². The first-order valence-electron chi connectivity index (χ1n) is 8.45. The van der Waals surface area contributed by atoms with Gasteiger partial charge in [-0.05, 0) is 42.7 Å². The molecule has 0 bridgehead atoms. The van der Waals surface area contributed by atoms with Crippen LogP contribution in [0.2, 0.25) is 10.0 Å². The van der Waals surface area contributed by atoms with E-state index in [0.717, 1.165) is 12.1 Å². The Kier molecular flexibility index (Phi) is 6.29. The molecule has 0 spiro atoms. The van der Waals surface area contributed by atoms with E-state index >= 15 is 0 Å². The molecule has 0 atom stereocenters. The first-order chi connectivity index (χ1) is 12.8. The Labute approximate surface area is 165 Å². The number of piperidine rings is 1. The van der Waals surface area contributed by atoms with Crippen LogP contribution in [-0.4, -0.2) is 29.9 Å². The summed E-state index contributed by atoms with van der Waals surface area (Å²) in [5.41, 5.74) is 0.739. The molecule has 27 heavy (non-hydrogen) atoms. The summed E-state index contributed by atoms with van der Waals surface area (Å²) in [6.45, 7) is 1.88. The number of benzene rings is 2. The molecule has 0 unspecified atom stereocenters. The second-order valence-corrected chi connectivity index (χ2v) is 7.33. The third-order valence-electron chi connectivity index (χ3n) is 4.57. The van der Waals surface area contributed by atoms with Gasteiger partial charge in [0.25, 0.3) is 5.91 Å². The average Bonchev–Trinajstić information content (AvgIpc) is 2.63. The fourth-order valence-corrected chi connectivity index (χ4v) is 3.56. The topological polar surface area (TPSA) is 32.3 Å². The molecule has 1 amide bonds. The number of nitrogens with one attached hydrogen (secondary N) is 1. The van der Waals surface area contributed by atoms with Crippen LogP contribution in [0.25, 0.3) is 0 Å². The Morgan fingerprint density at radius 1 is 1.00 bits per heavy atom. The Bertz CT molecular complexity index is 855. The van der Waals surface area contributed by atoms with Crippen LogP contribution in [0.15, 0.2) is 30.3 Å². The van der Waals surface area contributed by atoms with E-state index in [2.05, 4.69) is 10.2 Å². The predicted octanol–water partition coefficient (Wildman–Crippen LogP) is 4.81. The maximum Gasteiger partial charge on any atom is 0.253 e. The summed E-state index contributed by atoms with van der Waals surface area (Å²) < 4.78 is 39.9. The lowest BCUT2D eigenvalue weighted by atomic mass is 10.0. The SMILES string of the molecule is O=C(NC1CCN(Cc2ccc(F)c(F)c2)CC1)c1cc(F)c(Cl)cc1Cl. The molecule has 144 valence electrons. The van der Waals surface area contributed by atoms with Crippen LogP contribution in [0.4, 0.5) is 13.2 Å². The molecule has 2 aromatic carbocycles. The molecule has 0 saturated carbocycles. The van der Waals surface area contributed by atoms with Crippen molar-refractivity contribution in [3.63, 3.8) is 0 Å². The minimum atomic E-state index is -0.863. The standard InChI is InChI=1S/C19H17Cl2F3N2O/c20-14-9-15(21)17(23)8-13(14)19(27)25-12-3-5-26(6-4-12)10-11-1-2-16(22)18(24)7-11/h1-2,7-9,12H,3-6,10H2,(H,25,27). The molecule has 0 aliphatic carbocycles. The average molecular weight is 417 g/mol. The number of halogens is 5. The number of carbonyl (C=O) groups excluding carboxylic acids is 1. The maximum absolute atomic E-state index is 13.6. The fourth-order valence-electron chi connectivity index (χ4n) is 3.09. The van der Waals surface area contributed by atoms with E-state index in [9.17, 15) is 18.0 Å². The van der Waals surface area contributed by atoms with Crippen molar-refractivity contribution in [1.29, 1.82) is 0 Å². The highest BCUT2D eigenvalue weighted by molar-refractivity contribution is 6.36. The Morgan fingerprint density at radius 3 is 2.37 bits per heavy atom. The van der Waals surface area contributed by atoms with Crippen molar-refractivity contribution in [3.8, 4) is 0 Å². The fraction of sp³-hybridized carbons (Fsp3) is 0.316. The summed E-state index contributed by atoms with van der Waals surface area (Å²) in [5.74, 6) is -2.87. The summed E-state index contributed by atoms with van der Waals surface area (Å²) in [4.78, 5) is 14.4. The molecule has 1 aliphatic heterocycles. The molecular weight excluding hydrogens is 400 g/mol. The highest BCUT2D eigenvalue weighted by Gasteiger charge is 2.23. The summed E-state index contributed by atoms with van der Waals surface area (Å²) in [5, 5.41) is 2.81. The van der Waals surface area contributed by atoms with Gasteiger partial charge in [-0.3, -0.25) is 9.69 Å². The van der Waals surface area contributed by atoms with E-state index in [1.807, 2.05) is 0 Å². The van der Waals surface area contributed by atoms with E-state index in [4.69, 9.17) is 23.2 Å². The maximum atomic E-state index is 13.6. The van der Waals surface area contributed by atoms with Crippen molar-refractivity contribution in [1.82, 2.24) is 10.2 Å². The molecule has 1 aliphatic rings. The van der Waals surface area contributed by atoms with E-state index in [1.165, 1.54) is 12.1 Å². The molecule has 3 nitrogen and oxygen atoms in total. The lowest BCUT2D eigenvalue weighted by Gasteiger charge is -2.32. The minimum absolute atomic E-state index is 0.0442. The number of hydrogen-bond acceptors (Lipinski definition) is 2. The first-order valence-corrected chi connectivity index (χ1v) is 9.21. The Balaban J connectivity index is 1.54. The molecule has 1 fully saturated rings. The van der Waals surface area contributed by atoms with Crippen LogP contribution in [0.5, 0.6) is 0 Å². The van der Waals surface area contributed by atoms with Crippen LogP contribution in [0, 0.1) is 17.5 Å². The molecule has 0 radical (unpaired) electrons. The number of hydrogen-bond donors (Lipinski definition) is 1. The van der Waals surface area contributed by atoms with Crippen LogP contribution in [0.3, 0.4) is 0 Å². The molecule has 3 rings (SSSR count). The number of nitrogens with zero attached hydrogens (tertiary/aromatic N) is 1. The van der Waals surface area contributed by atoms with Crippen molar-refractivity contribution < 1.29 is 18.0 Å². The van der Waals surface area contributed by atoms with E-state index < -0.39 is 23.4 Å². The molecule has 1 heterocycles. The van der Waals surface area contributed by atoms with Crippen molar-refractivity contribution in [2.24, 2.45) is 0 Å². The van der Waals surface area contributed by atoms with Crippen molar-refractivity contribution in [3.05, 3.63) is 69.0 Å². The Hall–Kier alpha value is -1.76. The van der Waals surface area contributed by atoms with Gasteiger partial charge in [-0.2, -0.15) is 0 Å². The molecular formula is C19H17Cl2F3N2O. The summed E-state index contributed by atoms with van der Waals surface area (Å²) in [7, 11) is 0. The van der Waals surface area contributed by atoms with Gasteiger partial charge in [0.1, 0.15) is 5.82 Å². The van der Waals surface area contributed by atoms with Gasteiger partial charge in [0.2, 0.25) is 0 Å². The van der Waals surface area contributed by atoms with Crippen molar-refractivity contribution >= 4 is 29.1 Å². The van der Waals surface area contributed by atoms with E-state index in [0.29, 0.717) is 38.0 Å². The third kappa shape index (κ3) is 4.94. The number of rotatable bonds is 4. The van der Waals surface area contributed by atoms with Crippen LogP contribution in [-0.2, 0) is 6.54 Å². The van der Waals surface area contributed by atoms with Crippen LogP contribution >= 0.6 is 23.2 Å². The zero-order chi connectivity index (χ0) is 19.6. The zero-order valence-corrected chi connectivity index (χ0v) is 15.8. The van der Waals surface area contributed by atoms with Gasteiger partial charge in [0, 0.05) is 25.7 Å². The van der Waals surface area contributed by atoms with Crippen LogP contribution < -0.4 is 5.32 Å². The van der Waals surface area contributed by atoms with Gasteiger partial charge in [-0.1, -0.05) is 29.3 Å². The second-order valence-electron chi connectivity index (χ2n) is 6.52. The lowest BCUT2D eigenvalue weighted by Crippen LogP contribution is -2.44. The second kappa shape index (κ2) is 8.50. The largest absolute Gasteiger partial charge is 0.349 e. The van der Waals surface area contributed by atoms with Gasteiger partial charge < -0.3 is 5.32 Å². The first kappa shape index (κ1) is 20.0. The van der Waals surface area contributed by atoms with Gasteiger partial charge >= 0.3 is 0 Å². The molecule has 2 aromatic rings. The highest BCUT2D eigenvalue weighted by atomic mass is 35.5. The normalized spacial score (nSPS) is 15.7. The molecule has 0 aromatic heterocycles. The summed E-state index contributed by atoms with van der Waals surface area (Å²) in [6.07, 6.45) is 1.37. The third-order valence-corrected chi connectivity index (χ3v) is 5.17. The number of amides is 1. The predicted molar refractivity (Wildman–Crippen MR) is 98.5 cm³/mol. The number of carbonyl (C=O) groups is 1. The minimum Gasteiger partial charge on any atom is -0.349 e. The monoisotopic (exact) mass is 416 g/mol. The quantitative estimate of drug-likeness (QED) is 0.725. The summed E-state index contributed by atoms with van der Waals surface area (Å²) in [6, 6.07) is 6.03. The Morgan fingerprint density at radius 2 is 1.70 bits per heavy atom.